The highest BCUT2D eigenvalue weighted by atomic mass is 16.5. The number of likely N-dealkylation sites (N-methyl/N-ethyl adjacent to an activating group) is 1. The Morgan fingerprint density at radius 3 is 2.05 bits per heavy atom. The molecule has 19 heavy (non-hydrogen) atoms. The highest BCUT2D eigenvalue weighted by Crippen LogP contribution is 1.97. The summed E-state index contributed by atoms with van der Waals surface area (Å²) in [5.74, 6) is -0.632. The van der Waals surface area contributed by atoms with Gasteiger partial charge in [0.05, 0.1) is 45.2 Å². The third kappa shape index (κ3) is 7.74. The first kappa shape index (κ1) is 16.9. The highest BCUT2D eigenvalue weighted by Gasteiger charge is 2.16. The van der Waals surface area contributed by atoms with Crippen LogP contribution in [0.1, 0.15) is 12.8 Å². The molecule has 0 radical (unpaired) electrons. The first-order chi connectivity index (χ1) is 9.04. The zero-order valence-corrected chi connectivity index (χ0v) is 11.3. The summed E-state index contributed by atoms with van der Waals surface area (Å²) in [6.45, 7) is 0.657. The van der Waals surface area contributed by atoms with E-state index in [9.17, 15) is 9.59 Å². The summed E-state index contributed by atoms with van der Waals surface area (Å²) < 4.78 is 4.50. The fraction of sp³-hybridized carbons (Fsp3) is 0.667. The number of carbonyl (C=O) groups excluding carboxylic acids is 2. The smallest absolute Gasteiger partial charge is 0.319 e. The second kappa shape index (κ2) is 9.86. The molecule has 0 saturated heterocycles. The van der Waals surface area contributed by atoms with Gasteiger partial charge >= 0.3 is 5.97 Å². The number of nitrogens with zero attached hydrogens (tertiary/aromatic N) is 4. The van der Waals surface area contributed by atoms with E-state index < -0.39 is 5.97 Å². The van der Waals surface area contributed by atoms with E-state index in [0.717, 1.165) is 0 Å². The first-order valence-corrected chi connectivity index (χ1v) is 5.82. The van der Waals surface area contributed by atoms with E-state index in [2.05, 4.69) is 4.74 Å². The molecule has 0 aliphatic rings. The van der Waals surface area contributed by atoms with Gasteiger partial charge < -0.3 is 9.64 Å². The Labute approximate surface area is 112 Å². The molecule has 7 heteroatoms. The van der Waals surface area contributed by atoms with Crippen molar-refractivity contribution in [2.75, 3.05) is 40.3 Å². The monoisotopic (exact) mass is 266 g/mol. The van der Waals surface area contributed by atoms with Crippen LogP contribution in [0.2, 0.25) is 0 Å². The Hall–Kier alpha value is -2.12. The summed E-state index contributed by atoms with van der Waals surface area (Å²) in [7, 11) is 2.91. The lowest BCUT2D eigenvalue weighted by Crippen LogP contribution is -2.41. The molecule has 0 rings (SSSR count). The second-order valence-corrected chi connectivity index (χ2v) is 3.95. The first-order valence-electron chi connectivity index (χ1n) is 5.82. The van der Waals surface area contributed by atoms with Crippen LogP contribution < -0.4 is 0 Å². The standard InChI is InChI=1S/C12H18N4O3/c1-15(10-12(18)19-2)9-11(17)16(7-3-5-13)8-4-6-14/h3-4,7-10H2,1-2H3. The minimum atomic E-state index is -0.420. The van der Waals surface area contributed by atoms with Crippen LogP contribution in [0, 0.1) is 22.7 Å². The molecule has 1 amide bonds. The van der Waals surface area contributed by atoms with Gasteiger partial charge in [0.25, 0.3) is 0 Å². The van der Waals surface area contributed by atoms with Crippen LogP contribution in [-0.2, 0) is 14.3 Å². The van der Waals surface area contributed by atoms with E-state index in [1.165, 1.54) is 16.9 Å². The lowest BCUT2D eigenvalue weighted by atomic mass is 10.3. The number of hydrogen-bond donors (Lipinski definition) is 0. The molecule has 0 aromatic carbocycles. The molecule has 7 nitrogen and oxygen atoms in total. The van der Waals surface area contributed by atoms with E-state index in [1.54, 1.807) is 7.05 Å². The summed E-state index contributed by atoms with van der Waals surface area (Å²) >= 11 is 0. The van der Waals surface area contributed by atoms with E-state index in [-0.39, 0.29) is 31.8 Å². The van der Waals surface area contributed by atoms with E-state index in [4.69, 9.17) is 10.5 Å². The molecule has 0 spiro atoms. The SMILES string of the molecule is COC(=O)CN(C)CC(=O)N(CCC#N)CCC#N. The number of amides is 1. The fourth-order valence-electron chi connectivity index (χ4n) is 1.40. The Bertz CT molecular complexity index is 365. The second-order valence-electron chi connectivity index (χ2n) is 3.95. The maximum Gasteiger partial charge on any atom is 0.319 e. The van der Waals surface area contributed by atoms with Gasteiger partial charge in [0.2, 0.25) is 5.91 Å². The van der Waals surface area contributed by atoms with Crippen LogP contribution in [0.3, 0.4) is 0 Å². The number of methoxy groups -OCH3 is 1. The normalized spacial score (nSPS) is 9.53. The Morgan fingerprint density at radius 1 is 1.11 bits per heavy atom. The average Bonchev–Trinajstić information content (AvgIpc) is 2.38. The maximum absolute atomic E-state index is 11.9. The van der Waals surface area contributed by atoms with Gasteiger partial charge in [0, 0.05) is 13.1 Å². The number of hydrogen-bond acceptors (Lipinski definition) is 6. The zero-order chi connectivity index (χ0) is 14.7. The Balaban J connectivity index is 4.33. The molecular weight excluding hydrogens is 248 g/mol. The molecule has 0 bridgehead atoms. The molecule has 0 aromatic rings. The molecule has 0 saturated carbocycles. The number of rotatable bonds is 8. The minimum absolute atomic E-state index is 0.0204. The van der Waals surface area contributed by atoms with Gasteiger partial charge in [-0.1, -0.05) is 0 Å². The van der Waals surface area contributed by atoms with Crippen molar-refractivity contribution < 1.29 is 14.3 Å². The predicted molar refractivity (Wildman–Crippen MR) is 66.6 cm³/mol. The molecular formula is C12H18N4O3. The molecule has 104 valence electrons. The summed E-state index contributed by atoms with van der Waals surface area (Å²) in [5, 5.41) is 17.1. The van der Waals surface area contributed by atoms with Gasteiger partial charge in [-0.25, -0.2) is 0 Å². The van der Waals surface area contributed by atoms with Crippen molar-refractivity contribution >= 4 is 11.9 Å². The summed E-state index contributed by atoms with van der Waals surface area (Å²) in [6, 6.07) is 3.92. The summed E-state index contributed by atoms with van der Waals surface area (Å²) in [6.07, 6.45) is 0.440. The summed E-state index contributed by atoms with van der Waals surface area (Å²) in [5.41, 5.74) is 0. The lowest BCUT2D eigenvalue weighted by molar-refractivity contribution is -0.142. The van der Waals surface area contributed by atoms with Crippen molar-refractivity contribution in [3.63, 3.8) is 0 Å². The number of esters is 1. The molecule has 0 N–H and O–H groups in total. The van der Waals surface area contributed by atoms with Crippen molar-refractivity contribution in [1.29, 1.82) is 10.5 Å². The molecule has 0 fully saturated rings. The van der Waals surface area contributed by atoms with Gasteiger partial charge in [0.15, 0.2) is 0 Å². The van der Waals surface area contributed by atoms with E-state index in [1.807, 2.05) is 12.1 Å². The van der Waals surface area contributed by atoms with Gasteiger partial charge in [-0.2, -0.15) is 10.5 Å². The highest BCUT2D eigenvalue weighted by molar-refractivity contribution is 5.79. The average molecular weight is 266 g/mol. The van der Waals surface area contributed by atoms with Gasteiger partial charge in [0.1, 0.15) is 0 Å². The third-order valence-corrected chi connectivity index (χ3v) is 2.37. The Kier molecular flexibility index (Phi) is 8.76. The number of carbonyl (C=O) groups is 2. The van der Waals surface area contributed by atoms with Gasteiger partial charge in [-0.15, -0.1) is 0 Å². The van der Waals surface area contributed by atoms with Crippen LogP contribution in [-0.4, -0.2) is 62.0 Å². The van der Waals surface area contributed by atoms with E-state index in [0.29, 0.717) is 13.1 Å². The number of nitriles is 2. The van der Waals surface area contributed by atoms with Crippen molar-refractivity contribution in [2.24, 2.45) is 0 Å². The topological polar surface area (TPSA) is 97.4 Å². The third-order valence-electron chi connectivity index (χ3n) is 2.37. The largest absolute Gasteiger partial charge is 0.468 e. The Morgan fingerprint density at radius 2 is 1.63 bits per heavy atom. The van der Waals surface area contributed by atoms with Crippen molar-refractivity contribution in [3.05, 3.63) is 0 Å². The lowest BCUT2D eigenvalue weighted by Gasteiger charge is -2.23. The van der Waals surface area contributed by atoms with Gasteiger partial charge in [-0.05, 0) is 7.05 Å². The number of ether oxygens (including phenoxy) is 1. The molecule has 0 aliphatic heterocycles. The quantitative estimate of drug-likeness (QED) is 0.562. The van der Waals surface area contributed by atoms with Crippen molar-refractivity contribution in [1.82, 2.24) is 9.80 Å². The molecule has 0 unspecified atom stereocenters. The van der Waals surface area contributed by atoms with Crippen LogP contribution in [0.15, 0.2) is 0 Å². The van der Waals surface area contributed by atoms with Crippen molar-refractivity contribution in [3.8, 4) is 12.1 Å². The molecule has 0 atom stereocenters. The van der Waals surface area contributed by atoms with Crippen LogP contribution >= 0.6 is 0 Å². The zero-order valence-electron chi connectivity index (χ0n) is 11.3. The van der Waals surface area contributed by atoms with Crippen molar-refractivity contribution in [2.45, 2.75) is 12.8 Å². The van der Waals surface area contributed by atoms with Crippen LogP contribution in [0.25, 0.3) is 0 Å². The maximum atomic E-state index is 11.9. The van der Waals surface area contributed by atoms with E-state index >= 15 is 0 Å². The van der Waals surface area contributed by atoms with Gasteiger partial charge in [-0.3, -0.25) is 14.5 Å². The molecule has 0 heterocycles. The fourth-order valence-corrected chi connectivity index (χ4v) is 1.40. The summed E-state index contributed by atoms with van der Waals surface area (Å²) in [4.78, 5) is 26.0. The molecule has 0 aliphatic carbocycles. The minimum Gasteiger partial charge on any atom is -0.468 e. The van der Waals surface area contributed by atoms with Crippen LogP contribution in [0.4, 0.5) is 0 Å². The molecule has 0 aromatic heterocycles. The van der Waals surface area contributed by atoms with Crippen LogP contribution in [0.5, 0.6) is 0 Å². The predicted octanol–water partition coefficient (Wildman–Crippen LogP) is -0.253.